The Morgan fingerprint density at radius 1 is 1.43 bits per heavy atom. The van der Waals surface area contributed by atoms with Gasteiger partial charge in [-0.2, -0.15) is 0 Å². The summed E-state index contributed by atoms with van der Waals surface area (Å²) < 4.78 is 6.21. The number of hydrogen-bond donors (Lipinski definition) is 1. The van der Waals surface area contributed by atoms with Crippen molar-refractivity contribution >= 4 is 15.9 Å². The number of ether oxygens (including phenoxy) is 1. The van der Waals surface area contributed by atoms with E-state index < -0.39 is 0 Å². The average molecular weight is 357 g/mol. The van der Waals surface area contributed by atoms with Crippen LogP contribution in [0, 0.1) is 0 Å². The molecule has 4 nitrogen and oxygen atoms in total. The second-order valence-electron chi connectivity index (χ2n) is 5.89. The zero-order valence-corrected chi connectivity index (χ0v) is 14.7. The van der Waals surface area contributed by atoms with Gasteiger partial charge in [0.1, 0.15) is 0 Å². The van der Waals surface area contributed by atoms with Crippen LogP contribution in [0.3, 0.4) is 0 Å². The normalized spacial score (nSPS) is 19.4. The third-order valence-corrected chi connectivity index (χ3v) is 4.45. The Morgan fingerprint density at radius 2 is 2.19 bits per heavy atom. The lowest BCUT2D eigenvalue weighted by molar-refractivity contribution is 0.200. The van der Waals surface area contributed by atoms with Crippen molar-refractivity contribution in [2.75, 3.05) is 33.8 Å². The van der Waals surface area contributed by atoms with Gasteiger partial charge in [0, 0.05) is 19.1 Å². The van der Waals surface area contributed by atoms with Crippen LogP contribution in [0.5, 0.6) is 11.5 Å². The number of nitrogens with zero attached hydrogens (tertiary/aromatic N) is 2. The van der Waals surface area contributed by atoms with Gasteiger partial charge in [0.25, 0.3) is 0 Å². The first-order valence-electron chi connectivity index (χ1n) is 7.54. The highest BCUT2D eigenvalue weighted by molar-refractivity contribution is 9.10. The van der Waals surface area contributed by atoms with Crippen LogP contribution in [0.4, 0.5) is 0 Å². The summed E-state index contributed by atoms with van der Waals surface area (Å²) in [6.07, 6.45) is 2.52. The van der Waals surface area contributed by atoms with Crippen LogP contribution in [0.2, 0.25) is 0 Å². The summed E-state index contributed by atoms with van der Waals surface area (Å²) in [6, 6.07) is 4.56. The molecule has 0 amide bonds. The van der Waals surface area contributed by atoms with E-state index in [1.165, 1.54) is 18.4 Å². The number of likely N-dealkylation sites (tertiary alicyclic amines) is 1. The van der Waals surface area contributed by atoms with Crippen LogP contribution in [-0.2, 0) is 6.54 Å². The molecule has 0 bridgehead atoms. The molecule has 1 N–H and O–H groups in total. The fourth-order valence-corrected chi connectivity index (χ4v) is 3.44. The first-order chi connectivity index (χ1) is 10.0. The van der Waals surface area contributed by atoms with Gasteiger partial charge < -0.3 is 14.7 Å². The maximum absolute atomic E-state index is 9.99. The number of rotatable bonds is 6. The van der Waals surface area contributed by atoms with Crippen molar-refractivity contribution in [3.05, 3.63) is 22.2 Å². The van der Waals surface area contributed by atoms with Crippen molar-refractivity contribution < 1.29 is 9.84 Å². The first-order valence-corrected chi connectivity index (χ1v) is 8.33. The second-order valence-corrected chi connectivity index (χ2v) is 6.74. The Morgan fingerprint density at radius 3 is 2.86 bits per heavy atom. The van der Waals surface area contributed by atoms with Crippen LogP contribution in [0.25, 0.3) is 0 Å². The molecule has 1 fully saturated rings. The number of benzene rings is 1. The molecule has 1 heterocycles. The van der Waals surface area contributed by atoms with Gasteiger partial charge in [-0.1, -0.05) is 0 Å². The van der Waals surface area contributed by atoms with Crippen molar-refractivity contribution in [2.45, 2.75) is 32.4 Å². The Bertz CT molecular complexity index is 480. The molecule has 1 saturated heterocycles. The highest BCUT2D eigenvalue weighted by Gasteiger charge is 2.25. The number of phenols is 1. The minimum absolute atomic E-state index is 0.187. The maximum Gasteiger partial charge on any atom is 0.172 e. The highest BCUT2D eigenvalue weighted by Crippen LogP contribution is 2.36. The molecule has 0 saturated carbocycles. The van der Waals surface area contributed by atoms with Crippen molar-refractivity contribution in [2.24, 2.45) is 0 Å². The molecule has 21 heavy (non-hydrogen) atoms. The Balaban J connectivity index is 2.11. The van der Waals surface area contributed by atoms with E-state index in [0.717, 1.165) is 19.6 Å². The molecule has 1 aromatic rings. The summed E-state index contributed by atoms with van der Waals surface area (Å²) in [5, 5.41) is 9.99. The predicted molar refractivity (Wildman–Crippen MR) is 89.0 cm³/mol. The lowest BCUT2D eigenvalue weighted by atomic mass is 10.1. The summed E-state index contributed by atoms with van der Waals surface area (Å²) in [7, 11) is 4.25. The van der Waals surface area contributed by atoms with E-state index in [-0.39, 0.29) is 5.75 Å². The van der Waals surface area contributed by atoms with E-state index in [9.17, 15) is 5.11 Å². The first kappa shape index (κ1) is 16.6. The molecule has 1 aliphatic heterocycles. The van der Waals surface area contributed by atoms with Crippen molar-refractivity contribution in [3.63, 3.8) is 0 Å². The highest BCUT2D eigenvalue weighted by atomic mass is 79.9. The van der Waals surface area contributed by atoms with Gasteiger partial charge in [0.2, 0.25) is 0 Å². The topological polar surface area (TPSA) is 35.9 Å². The number of aromatic hydroxyl groups is 1. The van der Waals surface area contributed by atoms with Gasteiger partial charge in [0.15, 0.2) is 11.5 Å². The molecule has 0 aromatic heterocycles. The van der Waals surface area contributed by atoms with E-state index in [1.807, 2.05) is 19.1 Å². The molecule has 118 valence electrons. The monoisotopic (exact) mass is 356 g/mol. The average Bonchev–Trinajstić information content (AvgIpc) is 2.82. The molecular formula is C16H25BrN2O2. The van der Waals surface area contributed by atoms with Crippen LogP contribution < -0.4 is 4.74 Å². The lowest BCUT2D eigenvalue weighted by Crippen LogP contribution is -2.37. The number of hydrogen-bond acceptors (Lipinski definition) is 4. The van der Waals surface area contributed by atoms with Crippen molar-refractivity contribution in [1.29, 1.82) is 0 Å². The molecule has 2 rings (SSSR count). The molecule has 5 heteroatoms. The molecule has 0 aliphatic carbocycles. The quantitative estimate of drug-likeness (QED) is 0.849. The molecule has 0 spiro atoms. The lowest BCUT2D eigenvalue weighted by Gasteiger charge is -2.27. The summed E-state index contributed by atoms with van der Waals surface area (Å²) in [6.45, 7) is 5.61. The van der Waals surface area contributed by atoms with E-state index in [4.69, 9.17) is 4.74 Å². The van der Waals surface area contributed by atoms with E-state index >= 15 is 0 Å². The molecule has 0 radical (unpaired) electrons. The van der Waals surface area contributed by atoms with Gasteiger partial charge in [0.05, 0.1) is 11.1 Å². The number of halogens is 1. The van der Waals surface area contributed by atoms with Crippen molar-refractivity contribution in [3.8, 4) is 11.5 Å². The predicted octanol–water partition coefficient (Wildman–Crippen LogP) is 3.08. The van der Waals surface area contributed by atoms with Gasteiger partial charge in [-0.15, -0.1) is 0 Å². The zero-order valence-electron chi connectivity index (χ0n) is 13.1. The van der Waals surface area contributed by atoms with E-state index in [1.54, 1.807) is 0 Å². The van der Waals surface area contributed by atoms with Crippen LogP contribution >= 0.6 is 15.9 Å². The summed E-state index contributed by atoms with van der Waals surface area (Å²) in [5.74, 6) is 0.747. The smallest absolute Gasteiger partial charge is 0.172 e. The SMILES string of the molecule is CCOc1cc(CN2CCCC2CN(C)C)cc(Br)c1O. The largest absolute Gasteiger partial charge is 0.503 e. The molecule has 1 unspecified atom stereocenters. The summed E-state index contributed by atoms with van der Waals surface area (Å²) >= 11 is 3.41. The third-order valence-electron chi connectivity index (χ3n) is 3.85. The van der Waals surface area contributed by atoms with Gasteiger partial charge in [-0.05, 0) is 74.0 Å². The molecular weight excluding hydrogens is 332 g/mol. The van der Waals surface area contributed by atoms with Gasteiger partial charge in [-0.3, -0.25) is 4.90 Å². The molecule has 1 atom stereocenters. The second kappa shape index (κ2) is 7.47. The zero-order chi connectivity index (χ0) is 15.4. The minimum atomic E-state index is 0.187. The van der Waals surface area contributed by atoms with Gasteiger partial charge in [-0.25, -0.2) is 0 Å². The van der Waals surface area contributed by atoms with E-state index in [0.29, 0.717) is 22.9 Å². The molecule has 1 aromatic carbocycles. The number of likely N-dealkylation sites (N-methyl/N-ethyl adjacent to an activating group) is 1. The Hall–Kier alpha value is -0.780. The maximum atomic E-state index is 9.99. The third kappa shape index (κ3) is 4.34. The minimum Gasteiger partial charge on any atom is -0.503 e. The van der Waals surface area contributed by atoms with Crippen LogP contribution in [0.15, 0.2) is 16.6 Å². The fraction of sp³-hybridized carbons (Fsp3) is 0.625. The fourth-order valence-electron chi connectivity index (χ4n) is 2.95. The van der Waals surface area contributed by atoms with E-state index in [2.05, 4.69) is 39.8 Å². The van der Waals surface area contributed by atoms with Gasteiger partial charge >= 0.3 is 0 Å². The molecule has 1 aliphatic rings. The summed E-state index contributed by atoms with van der Waals surface area (Å²) in [5.41, 5.74) is 1.17. The van der Waals surface area contributed by atoms with Crippen LogP contribution in [-0.4, -0.2) is 54.7 Å². The standard InChI is InChI=1S/C16H25BrN2O2/c1-4-21-15-9-12(8-14(17)16(15)20)10-19-7-5-6-13(19)11-18(2)3/h8-9,13,20H,4-7,10-11H2,1-3H3. The Kier molecular flexibility index (Phi) is 5.90. The number of phenolic OH excluding ortho intramolecular Hbond substituents is 1. The Labute approximate surface area is 135 Å². The van der Waals surface area contributed by atoms with Crippen molar-refractivity contribution in [1.82, 2.24) is 9.80 Å². The summed E-state index contributed by atoms with van der Waals surface area (Å²) in [4.78, 5) is 4.77. The van der Waals surface area contributed by atoms with Crippen LogP contribution in [0.1, 0.15) is 25.3 Å².